The van der Waals surface area contributed by atoms with E-state index in [1.54, 1.807) is 12.1 Å². The Balaban J connectivity index is 1.30. The van der Waals surface area contributed by atoms with Crippen LogP contribution in [-0.4, -0.2) is 54.3 Å². The van der Waals surface area contributed by atoms with Crippen molar-refractivity contribution in [3.05, 3.63) is 70.7 Å². The van der Waals surface area contributed by atoms with Crippen molar-refractivity contribution in [2.75, 3.05) is 32.7 Å². The molecule has 3 rings (SSSR count). The van der Waals surface area contributed by atoms with Crippen molar-refractivity contribution in [1.29, 1.82) is 0 Å². The van der Waals surface area contributed by atoms with E-state index in [-0.39, 0.29) is 18.2 Å². The molecule has 0 spiro atoms. The van der Waals surface area contributed by atoms with Gasteiger partial charge in [0.25, 0.3) is 0 Å². The van der Waals surface area contributed by atoms with E-state index in [2.05, 4.69) is 44.9 Å². The molecular formula is C22H27ClN4O2. The highest BCUT2D eigenvalue weighted by molar-refractivity contribution is 6.31. The van der Waals surface area contributed by atoms with Gasteiger partial charge in [-0.3, -0.25) is 25.3 Å². The second kappa shape index (κ2) is 11.0. The van der Waals surface area contributed by atoms with Crippen LogP contribution in [0.4, 0.5) is 0 Å². The van der Waals surface area contributed by atoms with Crippen LogP contribution in [0.5, 0.6) is 0 Å². The first-order chi connectivity index (χ1) is 14.1. The van der Waals surface area contributed by atoms with Crippen LogP contribution in [0.25, 0.3) is 0 Å². The Hall–Kier alpha value is -2.41. The molecule has 1 aliphatic heterocycles. The number of nitrogens with one attached hydrogen (secondary N) is 2. The van der Waals surface area contributed by atoms with Crippen LogP contribution in [-0.2, 0) is 22.6 Å². The molecule has 6 nitrogen and oxygen atoms in total. The lowest BCUT2D eigenvalue weighted by Gasteiger charge is -2.34. The lowest BCUT2D eigenvalue weighted by Crippen LogP contribution is -2.48. The summed E-state index contributed by atoms with van der Waals surface area (Å²) in [6.45, 7) is 5.52. The summed E-state index contributed by atoms with van der Waals surface area (Å²) in [4.78, 5) is 28.7. The average molecular weight is 415 g/mol. The minimum atomic E-state index is -0.291. The quantitative estimate of drug-likeness (QED) is 0.682. The third-order valence-corrected chi connectivity index (χ3v) is 5.39. The predicted molar refractivity (Wildman–Crippen MR) is 114 cm³/mol. The van der Waals surface area contributed by atoms with Gasteiger partial charge in [-0.2, -0.15) is 0 Å². The van der Waals surface area contributed by atoms with E-state index < -0.39 is 0 Å². The molecule has 0 aliphatic carbocycles. The maximum atomic E-state index is 12.0. The molecule has 1 saturated heterocycles. The molecular weight excluding hydrogens is 388 g/mol. The number of nitrogens with zero attached hydrogens (tertiary/aromatic N) is 2. The summed E-state index contributed by atoms with van der Waals surface area (Å²) in [5.41, 5.74) is 7.00. The zero-order valence-electron chi connectivity index (χ0n) is 16.4. The van der Waals surface area contributed by atoms with E-state index in [1.807, 2.05) is 18.2 Å². The van der Waals surface area contributed by atoms with Gasteiger partial charge >= 0.3 is 0 Å². The number of rotatable bonds is 7. The molecule has 1 heterocycles. The topological polar surface area (TPSA) is 64.7 Å². The predicted octanol–water partition coefficient (Wildman–Crippen LogP) is 2.24. The van der Waals surface area contributed by atoms with E-state index in [0.29, 0.717) is 18.0 Å². The molecule has 1 fully saturated rings. The molecule has 1 aliphatic rings. The Morgan fingerprint density at radius 2 is 1.45 bits per heavy atom. The van der Waals surface area contributed by atoms with Crippen LogP contribution in [0.3, 0.4) is 0 Å². The van der Waals surface area contributed by atoms with Crippen molar-refractivity contribution in [1.82, 2.24) is 20.7 Å². The van der Waals surface area contributed by atoms with Gasteiger partial charge in [0.2, 0.25) is 11.8 Å². The molecule has 0 radical (unpaired) electrons. The second-order valence-electron chi connectivity index (χ2n) is 7.22. The van der Waals surface area contributed by atoms with Crippen LogP contribution in [0.2, 0.25) is 5.02 Å². The number of benzene rings is 2. The van der Waals surface area contributed by atoms with E-state index in [1.165, 1.54) is 5.56 Å². The second-order valence-corrected chi connectivity index (χ2v) is 7.63. The van der Waals surface area contributed by atoms with E-state index in [0.717, 1.165) is 38.3 Å². The van der Waals surface area contributed by atoms with E-state index in [4.69, 9.17) is 11.6 Å². The van der Waals surface area contributed by atoms with Crippen LogP contribution in [0.15, 0.2) is 54.6 Å². The highest BCUT2D eigenvalue weighted by atomic mass is 35.5. The third kappa shape index (κ3) is 7.16. The summed E-state index contributed by atoms with van der Waals surface area (Å²) in [5, 5.41) is 0.542. The zero-order chi connectivity index (χ0) is 20.5. The van der Waals surface area contributed by atoms with E-state index >= 15 is 0 Å². The molecule has 29 heavy (non-hydrogen) atoms. The summed E-state index contributed by atoms with van der Waals surface area (Å²) in [7, 11) is 0. The normalized spacial score (nSPS) is 15.1. The standard InChI is InChI=1S/C22H27ClN4O2/c23-20-9-5-4-8-19(20)16-22(29)25-24-21(28)10-11-26-12-14-27(15-13-26)17-18-6-2-1-3-7-18/h1-9H,10-17H2,(H,24,28)(H,25,29). The highest BCUT2D eigenvalue weighted by Gasteiger charge is 2.17. The van der Waals surface area contributed by atoms with Crippen molar-refractivity contribution in [2.24, 2.45) is 0 Å². The highest BCUT2D eigenvalue weighted by Crippen LogP contribution is 2.15. The van der Waals surface area contributed by atoms with Gasteiger partial charge in [-0.1, -0.05) is 60.1 Å². The smallest absolute Gasteiger partial charge is 0.242 e. The Bertz CT molecular complexity index is 807. The van der Waals surface area contributed by atoms with Crippen molar-refractivity contribution in [2.45, 2.75) is 19.4 Å². The summed E-state index contributed by atoms with van der Waals surface area (Å²) in [6.07, 6.45) is 0.481. The van der Waals surface area contributed by atoms with Crippen molar-refractivity contribution in [3.8, 4) is 0 Å². The Morgan fingerprint density at radius 1 is 0.828 bits per heavy atom. The number of hydrazine groups is 1. The summed E-state index contributed by atoms with van der Waals surface area (Å²) in [6, 6.07) is 17.6. The number of hydrogen-bond donors (Lipinski definition) is 2. The number of amides is 2. The fourth-order valence-corrected chi connectivity index (χ4v) is 3.54. The molecule has 2 N–H and O–H groups in total. The number of piperazine rings is 1. The first kappa shape index (κ1) is 21.3. The van der Waals surface area contributed by atoms with Gasteiger partial charge < -0.3 is 4.90 Å². The lowest BCUT2D eigenvalue weighted by molar-refractivity contribution is -0.128. The van der Waals surface area contributed by atoms with Gasteiger partial charge in [0.15, 0.2) is 0 Å². The zero-order valence-corrected chi connectivity index (χ0v) is 17.2. The van der Waals surface area contributed by atoms with Gasteiger partial charge in [-0.25, -0.2) is 0 Å². The SMILES string of the molecule is O=C(CCN1CCN(Cc2ccccc2)CC1)NNC(=O)Cc1ccccc1Cl. The Kier molecular flexibility index (Phi) is 8.04. The van der Waals surface area contributed by atoms with Gasteiger partial charge in [-0.05, 0) is 17.2 Å². The fourth-order valence-electron chi connectivity index (χ4n) is 3.33. The molecule has 2 amide bonds. The number of carbonyl (C=O) groups is 2. The fraction of sp³-hybridized carbons (Fsp3) is 0.364. The molecule has 7 heteroatoms. The molecule has 0 aromatic heterocycles. The molecule has 154 valence electrons. The van der Waals surface area contributed by atoms with Crippen LogP contribution in [0.1, 0.15) is 17.5 Å². The van der Waals surface area contributed by atoms with Gasteiger partial charge in [-0.15, -0.1) is 0 Å². The lowest BCUT2D eigenvalue weighted by atomic mass is 10.1. The summed E-state index contributed by atoms with van der Waals surface area (Å²) >= 11 is 6.05. The largest absolute Gasteiger partial charge is 0.300 e. The van der Waals surface area contributed by atoms with E-state index in [9.17, 15) is 9.59 Å². The molecule has 2 aromatic carbocycles. The van der Waals surface area contributed by atoms with Gasteiger partial charge in [0.05, 0.1) is 6.42 Å². The first-order valence-electron chi connectivity index (χ1n) is 9.90. The van der Waals surface area contributed by atoms with Gasteiger partial charge in [0, 0.05) is 50.7 Å². The molecule has 0 unspecified atom stereocenters. The monoisotopic (exact) mass is 414 g/mol. The number of halogens is 1. The minimum absolute atomic E-state index is 0.128. The van der Waals surface area contributed by atoms with Crippen LogP contribution < -0.4 is 10.9 Å². The molecule has 0 atom stereocenters. The maximum Gasteiger partial charge on any atom is 0.242 e. The van der Waals surface area contributed by atoms with Crippen molar-refractivity contribution in [3.63, 3.8) is 0 Å². The first-order valence-corrected chi connectivity index (χ1v) is 10.3. The minimum Gasteiger partial charge on any atom is -0.300 e. The van der Waals surface area contributed by atoms with Gasteiger partial charge in [0.1, 0.15) is 0 Å². The average Bonchev–Trinajstić information content (AvgIpc) is 2.74. The molecule has 2 aromatic rings. The molecule has 0 bridgehead atoms. The molecule has 0 saturated carbocycles. The summed E-state index contributed by atoms with van der Waals surface area (Å²) in [5.74, 6) is -0.481. The number of hydrogen-bond acceptors (Lipinski definition) is 4. The maximum absolute atomic E-state index is 12.0. The Labute approximate surface area is 176 Å². The van der Waals surface area contributed by atoms with Crippen LogP contribution in [0, 0.1) is 0 Å². The van der Waals surface area contributed by atoms with Crippen molar-refractivity contribution >= 4 is 23.4 Å². The summed E-state index contributed by atoms with van der Waals surface area (Å²) < 4.78 is 0. The number of carbonyl (C=O) groups excluding carboxylic acids is 2. The third-order valence-electron chi connectivity index (χ3n) is 5.02. The van der Waals surface area contributed by atoms with Crippen molar-refractivity contribution < 1.29 is 9.59 Å². The van der Waals surface area contributed by atoms with Crippen LogP contribution >= 0.6 is 11.6 Å². The Morgan fingerprint density at radius 3 is 2.17 bits per heavy atom.